The minimum atomic E-state index is 0.420. The molecule has 1 aliphatic carbocycles. The summed E-state index contributed by atoms with van der Waals surface area (Å²) in [7, 11) is 2.03. The molecule has 0 bridgehead atoms. The summed E-state index contributed by atoms with van der Waals surface area (Å²) in [6.07, 6.45) is 5.56. The lowest BCUT2D eigenvalue weighted by Gasteiger charge is -2.24. The summed E-state index contributed by atoms with van der Waals surface area (Å²) in [5.41, 5.74) is 3.96. The van der Waals surface area contributed by atoms with Gasteiger partial charge in [0.1, 0.15) is 12.4 Å². The van der Waals surface area contributed by atoms with Gasteiger partial charge in [-0.3, -0.25) is 4.68 Å². The predicted molar refractivity (Wildman–Crippen MR) is 83.6 cm³/mol. The fourth-order valence-electron chi connectivity index (χ4n) is 3.03. The highest BCUT2D eigenvalue weighted by Crippen LogP contribution is 2.28. The molecular formula is C17H23N3O. The molecule has 0 amide bonds. The molecule has 4 heteroatoms. The number of nitrogens with one attached hydrogen (secondary N) is 1. The number of hydrogen-bond acceptors (Lipinski definition) is 3. The second kappa shape index (κ2) is 6.31. The number of nitrogens with zero attached hydrogens (tertiary/aromatic N) is 2. The van der Waals surface area contributed by atoms with Crippen molar-refractivity contribution >= 4 is 0 Å². The van der Waals surface area contributed by atoms with Gasteiger partial charge in [0.15, 0.2) is 0 Å². The normalized spacial score (nSPS) is 17.5. The van der Waals surface area contributed by atoms with Gasteiger partial charge in [0.2, 0.25) is 0 Å². The summed E-state index contributed by atoms with van der Waals surface area (Å²) in [5.74, 6) is 0.947. The first-order valence-electron chi connectivity index (χ1n) is 7.67. The summed E-state index contributed by atoms with van der Waals surface area (Å²) in [4.78, 5) is 0. The molecule has 1 heterocycles. The topological polar surface area (TPSA) is 39.1 Å². The molecule has 1 unspecified atom stereocenters. The smallest absolute Gasteiger partial charge is 0.119 e. The van der Waals surface area contributed by atoms with E-state index in [0.717, 1.165) is 18.7 Å². The van der Waals surface area contributed by atoms with E-state index in [1.165, 1.54) is 29.7 Å². The van der Waals surface area contributed by atoms with Crippen LogP contribution in [0.15, 0.2) is 30.5 Å². The van der Waals surface area contributed by atoms with Crippen LogP contribution in [0.5, 0.6) is 5.75 Å². The first-order chi connectivity index (χ1) is 10.2. The second-order valence-corrected chi connectivity index (χ2v) is 5.73. The number of hydrogen-bond donors (Lipinski definition) is 1. The van der Waals surface area contributed by atoms with Crippen molar-refractivity contribution in [2.75, 3.05) is 13.2 Å². The van der Waals surface area contributed by atoms with Crippen LogP contribution in [-0.2, 0) is 13.5 Å². The lowest BCUT2D eigenvalue weighted by molar-refractivity contribution is 0.300. The number of aryl methyl sites for hydroxylation is 2. The largest absolute Gasteiger partial charge is 0.492 e. The fourth-order valence-corrected chi connectivity index (χ4v) is 3.03. The zero-order chi connectivity index (χ0) is 14.7. The van der Waals surface area contributed by atoms with Gasteiger partial charge >= 0.3 is 0 Å². The second-order valence-electron chi connectivity index (χ2n) is 5.73. The molecule has 112 valence electrons. The lowest BCUT2D eigenvalue weighted by Crippen LogP contribution is -2.28. The zero-order valence-corrected chi connectivity index (χ0v) is 12.8. The molecule has 0 saturated heterocycles. The van der Waals surface area contributed by atoms with Gasteiger partial charge in [-0.15, -0.1) is 0 Å². The first-order valence-corrected chi connectivity index (χ1v) is 7.67. The molecule has 1 aromatic carbocycles. The lowest BCUT2D eigenvalue weighted by atomic mass is 9.93. The molecule has 0 fully saturated rings. The zero-order valence-electron chi connectivity index (χ0n) is 12.8. The van der Waals surface area contributed by atoms with Crippen molar-refractivity contribution in [3.8, 4) is 5.75 Å². The fraction of sp³-hybridized carbons (Fsp3) is 0.471. The number of fused-ring (bicyclic) bond motifs is 1. The van der Waals surface area contributed by atoms with Crippen molar-refractivity contribution in [2.24, 2.45) is 7.05 Å². The molecule has 4 nitrogen and oxygen atoms in total. The molecule has 0 radical (unpaired) electrons. The first kappa shape index (κ1) is 14.1. The van der Waals surface area contributed by atoms with Crippen LogP contribution >= 0.6 is 0 Å². The Morgan fingerprint density at radius 2 is 2.33 bits per heavy atom. The predicted octanol–water partition coefficient (Wildman–Crippen LogP) is 2.77. The highest BCUT2D eigenvalue weighted by atomic mass is 16.5. The molecule has 1 N–H and O–H groups in total. The minimum Gasteiger partial charge on any atom is -0.492 e. The van der Waals surface area contributed by atoms with E-state index in [1.54, 1.807) is 0 Å². The highest BCUT2D eigenvalue weighted by molar-refractivity contribution is 5.27. The molecule has 0 spiro atoms. The minimum absolute atomic E-state index is 0.420. The van der Waals surface area contributed by atoms with Crippen molar-refractivity contribution < 1.29 is 4.74 Å². The van der Waals surface area contributed by atoms with E-state index in [1.807, 2.05) is 30.1 Å². The van der Waals surface area contributed by atoms with E-state index >= 15 is 0 Å². The molecular weight excluding hydrogens is 262 g/mol. The van der Waals surface area contributed by atoms with E-state index in [0.29, 0.717) is 12.6 Å². The van der Waals surface area contributed by atoms with E-state index in [4.69, 9.17) is 4.74 Å². The Labute approximate surface area is 126 Å². The van der Waals surface area contributed by atoms with Gasteiger partial charge in [-0.2, -0.15) is 5.10 Å². The van der Waals surface area contributed by atoms with Crippen molar-refractivity contribution in [2.45, 2.75) is 32.2 Å². The maximum absolute atomic E-state index is 5.79. The molecule has 0 aliphatic heterocycles. The summed E-state index contributed by atoms with van der Waals surface area (Å²) >= 11 is 0. The Balaban J connectivity index is 1.50. The summed E-state index contributed by atoms with van der Waals surface area (Å²) < 4.78 is 7.79. The van der Waals surface area contributed by atoms with E-state index in [9.17, 15) is 0 Å². The van der Waals surface area contributed by atoms with Gasteiger partial charge in [-0.05, 0) is 43.9 Å². The van der Waals surface area contributed by atoms with Crippen LogP contribution in [0.3, 0.4) is 0 Å². The van der Waals surface area contributed by atoms with Crippen LogP contribution in [-0.4, -0.2) is 22.9 Å². The molecule has 1 aliphatic rings. The van der Waals surface area contributed by atoms with Crippen LogP contribution in [0.4, 0.5) is 0 Å². The third-order valence-corrected chi connectivity index (χ3v) is 4.13. The molecule has 3 rings (SSSR count). The van der Waals surface area contributed by atoms with E-state index in [-0.39, 0.29) is 0 Å². The highest BCUT2D eigenvalue weighted by Gasteiger charge is 2.22. The monoisotopic (exact) mass is 285 g/mol. The number of benzene rings is 1. The van der Waals surface area contributed by atoms with Crippen LogP contribution in [0.25, 0.3) is 0 Å². The van der Waals surface area contributed by atoms with E-state index in [2.05, 4.69) is 29.5 Å². The van der Waals surface area contributed by atoms with Crippen molar-refractivity contribution in [3.05, 3.63) is 47.3 Å². The average molecular weight is 285 g/mol. The summed E-state index contributed by atoms with van der Waals surface area (Å²) in [6.45, 7) is 3.62. The molecule has 21 heavy (non-hydrogen) atoms. The van der Waals surface area contributed by atoms with Gasteiger partial charge in [0, 0.05) is 30.9 Å². The Morgan fingerprint density at radius 3 is 3.19 bits per heavy atom. The Bertz CT molecular complexity index is 606. The van der Waals surface area contributed by atoms with Crippen LogP contribution in [0.2, 0.25) is 0 Å². The summed E-state index contributed by atoms with van der Waals surface area (Å²) in [5, 5.41) is 7.98. The molecule has 1 atom stereocenters. The Hall–Kier alpha value is -1.81. The Kier molecular flexibility index (Phi) is 4.25. The third kappa shape index (κ3) is 3.27. The maximum atomic E-state index is 5.79. The van der Waals surface area contributed by atoms with Crippen molar-refractivity contribution in [1.29, 1.82) is 0 Å². The number of ether oxygens (including phenoxy) is 1. The summed E-state index contributed by atoms with van der Waals surface area (Å²) in [6, 6.07) is 8.61. The van der Waals surface area contributed by atoms with E-state index < -0.39 is 0 Å². The average Bonchev–Trinajstić information content (AvgIpc) is 2.86. The standard InChI is InChI=1S/C17H23N3O/c1-13-5-3-6-14(11-13)21-10-9-18-16-7-4-8-17-15(16)12-19-20(17)2/h3,5-6,11-12,16,18H,4,7-10H2,1-2H3. The molecule has 1 aromatic heterocycles. The van der Waals surface area contributed by atoms with Crippen LogP contribution < -0.4 is 10.1 Å². The molecule has 2 aromatic rings. The van der Waals surface area contributed by atoms with Gasteiger partial charge < -0.3 is 10.1 Å². The molecule has 0 saturated carbocycles. The third-order valence-electron chi connectivity index (χ3n) is 4.13. The van der Waals surface area contributed by atoms with Crippen molar-refractivity contribution in [1.82, 2.24) is 15.1 Å². The number of aromatic nitrogens is 2. The van der Waals surface area contributed by atoms with Gasteiger partial charge in [-0.1, -0.05) is 12.1 Å². The van der Waals surface area contributed by atoms with Crippen LogP contribution in [0.1, 0.15) is 35.7 Å². The maximum Gasteiger partial charge on any atom is 0.119 e. The van der Waals surface area contributed by atoms with Crippen molar-refractivity contribution in [3.63, 3.8) is 0 Å². The van der Waals surface area contributed by atoms with Gasteiger partial charge in [0.05, 0.1) is 6.20 Å². The van der Waals surface area contributed by atoms with Crippen LogP contribution in [0, 0.1) is 6.92 Å². The quantitative estimate of drug-likeness (QED) is 0.859. The van der Waals surface area contributed by atoms with Gasteiger partial charge in [0.25, 0.3) is 0 Å². The Morgan fingerprint density at radius 1 is 1.43 bits per heavy atom. The number of rotatable bonds is 5. The van der Waals surface area contributed by atoms with Gasteiger partial charge in [-0.25, -0.2) is 0 Å². The SMILES string of the molecule is Cc1cccc(OCCNC2CCCc3c2cnn3C)c1.